The Kier molecular flexibility index (Phi) is 5.08. The number of benzene rings is 1. The molecule has 144 valence electrons. The molecule has 0 radical (unpaired) electrons. The third kappa shape index (κ3) is 4.45. The first-order valence-electron chi connectivity index (χ1n) is 8.94. The first-order valence-corrected chi connectivity index (χ1v) is 10.8. The zero-order chi connectivity index (χ0) is 18.7. The fourth-order valence-electron chi connectivity index (χ4n) is 3.32. The van der Waals surface area contributed by atoms with Crippen LogP contribution >= 0.6 is 0 Å². The van der Waals surface area contributed by atoms with Crippen LogP contribution in [0, 0.1) is 0 Å². The van der Waals surface area contributed by atoms with Gasteiger partial charge >= 0.3 is 0 Å². The minimum Gasteiger partial charge on any atom is -0.378 e. The molecular weight excluding hydrogens is 368 g/mol. The summed E-state index contributed by atoms with van der Waals surface area (Å²) in [5.74, 6) is 1.21. The summed E-state index contributed by atoms with van der Waals surface area (Å²) in [6.07, 6.45) is 2.08. The number of morpholine rings is 1. The molecule has 2 saturated heterocycles. The lowest BCUT2D eigenvalue weighted by atomic mass is 10.2. The SMILES string of the molecule is O=S1(=O)CCC(Nc2cnnc(Nc3ccccc3N3CCOCC3)n2)C1. The molecule has 0 bridgehead atoms. The van der Waals surface area contributed by atoms with Crippen LogP contribution in [-0.2, 0) is 14.6 Å². The predicted octanol–water partition coefficient (Wildman–Crippen LogP) is 1.05. The van der Waals surface area contributed by atoms with Gasteiger partial charge in [0.15, 0.2) is 15.7 Å². The van der Waals surface area contributed by atoms with Gasteiger partial charge < -0.3 is 20.3 Å². The molecule has 9 nitrogen and oxygen atoms in total. The fourth-order valence-corrected chi connectivity index (χ4v) is 5.00. The number of anilines is 4. The van der Waals surface area contributed by atoms with E-state index in [9.17, 15) is 8.42 Å². The molecule has 0 spiro atoms. The second-order valence-corrected chi connectivity index (χ2v) is 8.88. The quantitative estimate of drug-likeness (QED) is 0.774. The lowest BCUT2D eigenvalue weighted by Gasteiger charge is -2.30. The second-order valence-electron chi connectivity index (χ2n) is 6.65. The van der Waals surface area contributed by atoms with Crippen molar-refractivity contribution in [1.82, 2.24) is 15.2 Å². The van der Waals surface area contributed by atoms with Gasteiger partial charge in [-0.3, -0.25) is 0 Å². The number of nitrogens with zero attached hydrogens (tertiary/aromatic N) is 4. The average Bonchev–Trinajstić information content (AvgIpc) is 3.01. The minimum absolute atomic E-state index is 0.125. The molecule has 1 atom stereocenters. The van der Waals surface area contributed by atoms with E-state index >= 15 is 0 Å². The van der Waals surface area contributed by atoms with E-state index in [2.05, 4.69) is 30.7 Å². The zero-order valence-corrected chi connectivity index (χ0v) is 15.7. The van der Waals surface area contributed by atoms with Gasteiger partial charge in [-0.15, -0.1) is 5.10 Å². The Balaban J connectivity index is 1.49. The van der Waals surface area contributed by atoms with Crippen LogP contribution in [0.5, 0.6) is 0 Å². The molecule has 27 heavy (non-hydrogen) atoms. The number of nitrogens with one attached hydrogen (secondary N) is 2. The number of ether oxygens (including phenoxy) is 1. The van der Waals surface area contributed by atoms with Crippen molar-refractivity contribution in [2.45, 2.75) is 12.5 Å². The number of aromatic nitrogens is 3. The molecular formula is C17H22N6O3S. The third-order valence-corrected chi connectivity index (χ3v) is 6.41. The lowest BCUT2D eigenvalue weighted by Crippen LogP contribution is -2.36. The molecule has 2 N–H and O–H groups in total. The van der Waals surface area contributed by atoms with E-state index in [-0.39, 0.29) is 17.5 Å². The molecule has 0 aliphatic carbocycles. The van der Waals surface area contributed by atoms with Crippen molar-refractivity contribution in [3.05, 3.63) is 30.5 Å². The molecule has 3 heterocycles. The Morgan fingerprint density at radius 1 is 1.19 bits per heavy atom. The van der Waals surface area contributed by atoms with Gasteiger partial charge in [0.05, 0.1) is 42.3 Å². The standard InChI is InChI=1S/C17H22N6O3S/c24-27(25)10-5-13(12-27)19-16-11-18-22-17(21-16)20-14-3-1-2-4-15(14)23-6-8-26-9-7-23/h1-4,11,13H,5-10,12H2,(H2,19,20,21,22). The summed E-state index contributed by atoms with van der Waals surface area (Å²) >= 11 is 0. The van der Waals surface area contributed by atoms with E-state index in [1.54, 1.807) is 0 Å². The highest BCUT2D eigenvalue weighted by atomic mass is 32.2. The van der Waals surface area contributed by atoms with Gasteiger partial charge in [0.25, 0.3) is 0 Å². The largest absolute Gasteiger partial charge is 0.378 e. The molecule has 2 aromatic rings. The summed E-state index contributed by atoms with van der Waals surface area (Å²) in [5.41, 5.74) is 1.95. The summed E-state index contributed by atoms with van der Waals surface area (Å²) < 4.78 is 28.7. The van der Waals surface area contributed by atoms with Crippen LogP contribution in [0.25, 0.3) is 0 Å². The van der Waals surface area contributed by atoms with Crippen molar-refractivity contribution in [3.8, 4) is 0 Å². The second kappa shape index (κ2) is 7.65. The van der Waals surface area contributed by atoms with Gasteiger partial charge in [-0.25, -0.2) is 8.42 Å². The van der Waals surface area contributed by atoms with Gasteiger partial charge in [-0.1, -0.05) is 12.1 Å². The van der Waals surface area contributed by atoms with Crippen LogP contribution in [0.1, 0.15) is 6.42 Å². The van der Waals surface area contributed by atoms with Gasteiger partial charge in [-0.05, 0) is 18.6 Å². The number of para-hydroxylation sites is 2. The summed E-state index contributed by atoms with van der Waals surface area (Å²) in [6.45, 7) is 3.07. The summed E-state index contributed by atoms with van der Waals surface area (Å²) in [5, 5.41) is 14.4. The molecule has 1 aromatic heterocycles. The average molecular weight is 390 g/mol. The highest BCUT2D eigenvalue weighted by molar-refractivity contribution is 7.91. The van der Waals surface area contributed by atoms with E-state index in [4.69, 9.17) is 4.74 Å². The van der Waals surface area contributed by atoms with Crippen LogP contribution in [0.4, 0.5) is 23.1 Å². The maximum absolute atomic E-state index is 11.6. The molecule has 2 fully saturated rings. The Labute approximate surface area is 158 Å². The summed E-state index contributed by atoms with van der Waals surface area (Å²) in [7, 11) is -2.95. The van der Waals surface area contributed by atoms with Gasteiger partial charge in [0.2, 0.25) is 5.95 Å². The third-order valence-electron chi connectivity index (χ3n) is 4.65. The predicted molar refractivity (Wildman–Crippen MR) is 103 cm³/mol. The Bertz CT molecular complexity index is 901. The number of rotatable bonds is 5. The zero-order valence-electron chi connectivity index (χ0n) is 14.8. The summed E-state index contributed by atoms with van der Waals surface area (Å²) in [4.78, 5) is 6.69. The normalized spacial score (nSPS) is 21.8. The smallest absolute Gasteiger partial charge is 0.249 e. The van der Waals surface area contributed by atoms with Gasteiger partial charge in [-0.2, -0.15) is 10.1 Å². The maximum Gasteiger partial charge on any atom is 0.249 e. The van der Waals surface area contributed by atoms with Gasteiger partial charge in [0, 0.05) is 19.1 Å². The van der Waals surface area contributed by atoms with E-state index in [1.807, 2.05) is 24.3 Å². The summed E-state index contributed by atoms with van der Waals surface area (Å²) in [6, 6.07) is 7.82. The Hall–Kier alpha value is -2.46. The highest BCUT2D eigenvalue weighted by Gasteiger charge is 2.28. The molecule has 10 heteroatoms. The van der Waals surface area contributed by atoms with Crippen LogP contribution < -0.4 is 15.5 Å². The number of hydrogen-bond donors (Lipinski definition) is 2. The van der Waals surface area contributed by atoms with Crippen LogP contribution in [-0.4, -0.2) is 67.4 Å². The number of sulfone groups is 1. The fraction of sp³-hybridized carbons (Fsp3) is 0.471. The van der Waals surface area contributed by atoms with Crippen molar-refractivity contribution in [2.24, 2.45) is 0 Å². The van der Waals surface area contributed by atoms with Crippen molar-refractivity contribution in [3.63, 3.8) is 0 Å². The Morgan fingerprint density at radius 2 is 2.00 bits per heavy atom. The van der Waals surface area contributed by atoms with E-state index in [1.165, 1.54) is 6.20 Å². The first-order chi connectivity index (χ1) is 13.1. The molecule has 4 rings (SSSR count). The van der Waals surface area contributed by atoms with Crippen molar-refractivity contribution in [2.75, 3.05) is 53.3 Å². The van der Waals surface area contributed by atoms with Crippen molar-refractivity contribution >= 4 is 33.0 Å². The topological polar surface area (TPSA) is 109 Å². The lowest BCUT2D eigenvalue weighted by molar-refractivity contribution is 0.123. The monoisotopic (exact) mass is 390 g/mol. The maximum atomic E-state index is 11.6. The molecule has 0 amide bonds. The molecule has 2 aliphatic rings. The van der Waals surface area contributed by atoms with Gasteiger partial charge in [0.1, 0.15) is 0 Å². The van der Waals surface area contributed by atoms with Crippen molar-refractivity contribution < 1.29 is 13.2 Å². The van der Waals surface area contributed by atoms with Crippen LogP contribution in [0.15, 0.2) is 30.5 Å². The van der Waals surface area contributed by atoms with E-state index in [0.29, 0.717) is 31.4 Å². The van der Waals surface area contributed by atoms with Crippen molar-refractivity contribution in [1.29, 1.82) is 0 Å². The molecule has 1 unspecified atom stereocenters. The minimum atomic E-state index is -2.95. The molecule has 0 saturated carbocycles. The highest BCUT2D eigenvalue weighted by Crippen LogP contribution is 2.28. The van der Waals surface area contributed by atoms with E-state index < -0.39 is 9.84 Å². The molecule has 2 aliphatic heterocycles. The molecule has 1 aromatic carbocycles. The number of hydrogen-bond acceptors (Lipinski definition) is 9. The van der Waals surface area contributed by atoms with Crippen LogP contribution in [0.3, 0.4) is 0 Å². The first kappa shape index (κ1) is 17.9. The van der Waals surface area contributed by atoms with E-state index in [0.717, 1.165) is 24.5 Å². The van der Waals surface area contributed by atoms with Crippen LogP contribution in [0.2, 0.25) is 0 Å². The Morgan fingerprint density at radius 3 is 2.78 bits per heavy atom.